The number of carbonyl (C=O) groups excluding carboxylic acids is 1. The highest BCUT2D eigenvalue weighted by molar-refractivity contribution is 7.12. The number of carboxylic acid groups (broad SMARTS) is 1. The summed E-state index contributed by atoms with van der Waals surface area (Å²) in [7, 11) is 0. The Bertz CT molecular complexity index is 713. The number of rotatable bonds is 3. The van der Waals surface area contributed by atoms with Gasteiger partial charge in [-0.15, -0.1) is 11.3 Å². The van der Waals surface area contributed by atoms with Crippen LogP contribution in [0.3, 0.4) is 0 Å². The second-order valence-electron chi connectivity index (χ2n) is 5.75. The Morgan fingerprint density at radius 2 is 2.05 bits per heavy atom. The fourth-order valence-electron chi connectivity index (χ4n) is 2.56. The number of nitrogens with zero attached hydrogens (tertiary/aromatic N) is 2. The average molecular weight is 316 g/mol. The summed E-state index contributed by atoms with van der Waals surface area (Å²) in [6.45, 7) is 2.38. The number of amides is 1. The van der Waals surface area contributed by atoms with Crippen LogP contribution in [0, 0.1) is 5.41 Å². The summed E-state index contributed by atoms with van der Waals surface area (Å²) in [6.07, 6.45) is 0.477. The summed E-state index contributed by atoms with van der Waals surface area (Å²) in [5.41, 5.74) is 0.888. The molecule has 1 fully saturated rings. The van der Waals surface area contributed by atoms with E-state index in [9.17, 15) is 14.7 Å². The lowest BCUT2D eigenvalue weighted by Gasteiger charge is -2.19. The molecular formula is C16H16N2O3S. The van der Waals surface area contributed by atoms with Gasteiger partial charge < -0.3 is 10.0 Å². The first-order valence-electron chi connectivity index (χ1n) is 7.03. The van der Waals surface area contributed by atoms with Gasteiger partial charge in [-0.3, -0.25) is 9.59 Å². The van der Waals surface area contributed by atoms with E-state index >= 15 is 0 Å². The molecule has 2 heterocycles. The first-order valence-corrected chi connectivity index (χ1v) is 7.91. The normalized spacial score (nSPS) is 21.0. The highest BCUT2D eigenvalue weighted by Crippen LogP contribution is 2.32. The summed E-state index contributed by atoms with van der Waals surface area (Å²) in [5, 5.41) is 11.5. The zero-order chi connectivity index (χ0) is 15.7. The molecule has 1 atom stereocenters. The molecule has 0 saturated carbocycles. The molecular weight excluding hydrogens is 300 g/mol. The van der Waals surface area contributed by atoms with Crippen molar-refractivity contribution < 1.29 is 14.7 Å². The predicted octanol–water partition coefficient (Wildman–Crippen LogP) is 2.75. The van der Waals surface area contributed by atoms with Gasteiger partial charge in [0, 0.05) is 24.0 Å². The Morgan fingerprint density at radius 1 is 1.32 bits per heavy atom. The predicted molar refractivity (Wildman–Crippen MR) is 83.8 cm³/mol. The van der Waals surface area contributed by atoms with Crippen LogP contribution in [0.25, 0.3) is 11.3 Å². The number of carboxylic acids is 1. The second kappa shape index (κ2) is 5.53. The van der Waals surface area contributed by atoms with E-state index in [4.69, 9.17) is 0 Å². The summed E-state index contributed by atoms with van der Waals surface area (Å²) in [6, 6.07) is 9.67. The number of hydrogen-bond donors (Lipinski definition) is 1. The number of aromatic nitrogens is 1. The van der Waals surface area contributed by atoms with Crippen molar-refractivity contribution in [3.63, 3.8) is 0 Å². The minimum absolute atomic E-state index is 0.183. The number of aliphatic carboxylic acids is 1. The van der Waals surface area contributed by atoms with Crippen LogP contribution in [0.1, 0.15) is 23.1 Å². The molecule has 1 N–H and O–H groups in total. The fourth-order valence-corrected chi connectivity index (χ4v) is 3.35. The van der Waals surface area contributed by atoms with Gasteiger partial charge in [-0.05, 0) is 13.3 Å². The minimum Gasteiger partial charge on any atom is -0.481 e. The van der Waals surface area contributed by atoms with Crippen LogP contribution >= 0.6 is 11.3 Å². The molecule has 1 aromatic carbocycles. The van der Waals surface area contributed by atoms with Crippen molar-refractivity contribution in [1.29, 1.82) is 0 Å². The largest absolute Gasteiger partial charge is 0.481 e. The maximum Gasteiger partial charge on any atom is 0.311 e. The van der Waals surface area contributed by atoms with Gasteiger partial charge in [0.05, 0.1) is 11.1 Å². The average Bonchev–Trinajstić information content (AvgIpc) is 3.15. The second-order valence-corrected chi connectivity index (χ2v) is 6.60. The van der Waals surface area contributed by atoms with Crippen molar-refractivity contribution in [2.24, 2.45) is 5.41 Å². The molecule has 0 spiro atoms. The third-order valence-electron chi connectivity index (χ3n) is 4.03. The smallest absolute Gasteiger partial charge is 0.311 e. The number of likely N-dealkylation sites (tertiary alicyclic amines) is 1. The maximum absolute atomic E-state index is 12.5. The molecule has 3 rings (SSSR count). The molecule has 1 aliphatic rings. The molecule has 0 radical (unpaired) electrons. The van der Waals surface area contributed by atoms with Crippen LogP contribution in [0.4, 0.5) is 0 Å². The minimum atomic E-state index is -0.855. The monoisotopic (exact) mass is 316 g/mol. The fraction of sp³-hybridized carbons (Fsp3) is 0.312. The number of benzene rings is 1. The molecule has 2 aromatic rings. The summed E-state index contributed by atoms with van der Waals surface area (Å²) >= 11 is 1.30. The van der Waals surface area contributed by atoms with Gasteiger partial charge in [-0.2, -0.15) is 0 Å². The molecule has 1 aliphatic heterocycles. The van der Waals surface area contributed by atoms with Crippen LogP contribution in [0.5, 0.6) is 0 Å². The standard InChI is InChI=1S/C16H16N2O3S/c1-16(15(20)21)7-8-18(10-16)14(19)13-17-12(9-22-13)11-5-3-2-4-6-11/h2-6,9H,7-8,10H2,1H3,(H,20,21). The first kappa shape index (κ1) is 14.7. The van der Waals surface area contributed by atoms with Gasteiger partial charge in [-0.1, -0.05) is 30.3 Å². The van der Waals surface area contributed by atoms with Crippen LogP contribution < -0.4 is 0 Å². The van der Waals surface area contributed by atoms with Gasteiger partial charge in [0.2, 0.25) is 0 Å². The third kappa shape index (κ3) is 2.62. The Morgan fingerprint density at radius 3 is 2.68 bits per heavy atom. The van der Waals surface area contributed by atoms with Gasteiger partial charge in [0.1, 0.15) is 0 Å². The van der Waals surface area contributed by atoms with Gasteiger partial charge in [0.15, 0.2) is 5.01 Å². The highest BCUT2D eigenvalue weighted by Gasteiger charge is 2.42. The lowest BCUT2D eigenvalue weighted by Crippen LogP contribution is -2.34. The van der Waals surface area contributed by atoms with Crippen LogP contribution in [0.2, 0.25) is 0 Å². The number of carbonyl (C=O) groups is 2. The van der Waals surface area contributed by atoms with E-state index in [2.05, 4.69) is 4.98 Å². The van der Waals surface area contributed by atoms with Gasteiger partial charge >= 0.3 is 5.97 Å². The van der Waals surface area contributed by atoms with Gasteiger partial charge in [0.25, 0.3) is 5.91 Å². The van der Waals surface area contributed by atoms with E-state index < -0.39 is 11.4 Å². The van der Waals surface area contributed by atoms with E-state index in [-0.39, 0.29) is 12.5 Å². The van der Waals surface area contributed by atoms with Crippen LogP contribution in [-0.4, -0.2) is 40.0 Å². The Balaban J connectivity index is 1.77. The first-order chi connectivity index (χ1) is 10.5. The van der Waals surface area contributed by atoms with E-state index in [0.717, 1.165) is 11.3 Å². The Hall–Kier alpha value is -2.21. The molecule has 1 aromatic heterocycles. The third-order valence-corrected chi connectivity index (χ3v) is 4.86. The molecule has 114 valence electrons. The topological polar surface area (TPSA) is 70.5 Å². The van der Waals surface area contributed by atoms with Crippen LogP contribution in [0.15, 0.2) is 35.7 Å². The molecule has 6 heteroatoms. The molecule has 1 amide bonds. The SMILES string of the molecule is CC1(C(=O)O)CCN(C(=O)c2nc(-c3ccccc3)cs2)C1. The van der Waals surface area contributed by atoms with Crippen molar-refractivity contribution in [1.82, 2.24) is 9.88 Å². The van der Waals surface area contributed by atoms with E-state index in [1.807, 2.05) is 35.7 Å². The van der Waals surface area contributed by atoms with Crippen molar-refractivity contribution in [3.8, 4) is 11.3 Å². The van der Waals surface area contributed by atoms with E-state index in [1.54, 1.807) is 11.8 Å². The van der Waals surface area contributed by atoms with E-state index in [1.165, 1.54) is 11.3 Å². The molecule has 1 unspecified atom stereocenters. The molecule has 22 heavy (non-hydrogen) atoms. The summed E-state index contributed by atoms with van der Waals surface area (Å²) < 4.78 is 0. The van der Waals surface area contributed by atoms with Crippen molar-refractivity contribution >= 4 is 23.2 Å². The molecule has 0 aliphatic carbocycles. The zero-order valence-electron chi connectivity index (χ0n) is 12.2. The zero-order valence-corrected chi connectivity index (χ0v) is 13.0. The Labute approximate surface area is 132 Å². The van der Waals surface area contributed by atoms with Crippen molar-refractivity contribution in [2.75, 3.05) is 13.1 Å². The lowest BCUT2D eigenvalue weighted by atomic mass is 9.90. The maximum atomic E-state index is 12.5. The molecule has 0 bridgehead atoms. The summed E-state index contributed by atoms with van der Waals surface area (Å²) in [5.74, 6) is -1.04. The Kier molecular flexibility index (Phi) is 3.70. The number of hydrogen-bond acceptors (Lipinski definition) is 4. The van der Waals surface area contributed by atoms with Crippen LogP contribution in [-0.2, 0) is 4.79 Å². The number of thiazole rings is 1. The summed E-state index contributed by atoms with van der Waals surface area (Å²) in [4.78, 5) is 29.7. The lowest BCUT2D eigenvalue weighted by molar-refractivity contribution is -0.147. The molecule has 5 nitrogen and oxygen atoms in total. The van der Waals surface area contributed by atoms with Crippen molar-refractivity contribution in [3.05, 3.63) is 40.7 Å². The quantitative estimate of drug-likeness (QED) is 0.945. The van der Waals surface area contributed by atoms with Crippen molar-refractivity contribution in [2.45, 2.75) is 13.3 Å². The molecule has 1 saturated heterocycles. The highest BCUT2D eigenvalue weighted by atomic mass is 32.1. The van der Waals surface area contributed by atoms with Gasteiger partial charge in [-0.25, -0.2) is 4.98 Å². The van der Waals surface area contributed by atoms with E-state index in [0.29, 0.717) is 18.0 Å².